The maximum Gasteiger partial charge on any atom is 0.0471 e. The summed E-state index contributed by atoms with van der Waals surface area (Å²) in [7, 11) is 0. The third-order valence-corrected chi connectivity index (χ3v) is 4.59. The van der Waals surface area contributed by atoms with Crippen LogP contribution in [0, 0.1) is 5.41 Å². The van der Waals surface area contributed by atoms with Gasteiger partial charge in [-0.1, -0.05) is 6.92 Å². The van der Waals surface area contributed by atoms with Crippen molar-refractivity contribution in [2.45, 2.75) is 32.6 Å². The van der Waals surface area contributed by atoms with Crippen LogP contribution in [0.25, 0.3) is 0 Å². The van der Waals surface area contributed by atoms with Crippen LogP contribution in [-0.4, -0.2) is 30.6 Å². The lowest BCUT2D eigenvalue weighted by Gasteiger charge is -2.35. The van der Waals surface area contributed by atoms with Crippen LogP contribution in [-0.2, 0) is 4.74 Å². The van der Waals surface area contributed by atoms with Gasteiger partial charge in [0.2, 0.25) is 0 Å². The second kappa shape index (κ2) is 6.97. The van der Waals surface area contributed by atoms with Gasteiger partial charge in [0.15, 0.2) is 0 Å². The van der Waals surface area contributed by atoms with Gasteiger partial charge in [-0.25, -0.2) is 0 Å². The number of halogens is 1. The Labute approximate surface area is 96.9 Å². The van der Waals surface area contributed by atoms with Crippen LogP contribution in [0.5, 0.6) is 0 Å². The summed E-state index contributed by atoms with van der Waals surface area (Å²) in [4.78, 5) is 0. The molecule has 0 radical (unpaired) electrons. The van der Waals surface area contributed by atoms with E-state index in [0.29, 0.717) is 5.41 Å². The molecule has 0 saturated carbocycles. The molecule has 1 rings (SSSR count). The normalized spacial score (nSPS) is 21.0. The highest BCUT2D eigenvalue weighted by atomic mass is 35.5. The number of rotatable bonds is 6. The zero-order valence-corrected chi connectivity index (χ0v) is 10.6. The van der Waals surface area contributed by atoms with Gasteiger partial charge in [-0.05, 0) is 42.6 Å². The van der Waals surface area contributed by atoms with Crippen molar-refractivity contribution in [3.05, 3.63) is 0 Å². The van der Waals surface area contributed by atoms with E-state index in [9.17, 15) is 0 Å². The Morgan fingerprint density at radius 3 is 2.64 bits per heavy atom. The minimum absolute atomic E-state index is 0.397. The van der Waals surface area contributed by atoms with Gasteiger partial charge in [0.05, 0.1) is 0 Å². The molecule has 14 heavy (non-hydrogen) atoms. The van der Waals surface area contributed by atoms with E-state index in [1.807, 2.05) is 11.8 Å². The lowest BCUT2D eigenvalue weighted by Crippen LogP contribution is -2.31. The molecule has 0 aromatic rings. The number of alkyl halides is 1. The van der Waals surface area contributed by atoms with Crippen molar-refractivity contribution in [2.75, 3.05) is 30.6 Å². The Bertz CT molecular complexity index is 146. The second-order valence-electron chi connectivity index (χ2n) is 4.05. The summed E-state index contributed by atoms with van der Waals surface area (Å²) in [5, 5.41) is 0. The van der Waals surface area contributed by atoms with Crippen LogP contribution in [0.1, 0.15) is 32.6 Å². The van der Waals surface area contributed by atoms with Crippen LogP contribution in [0.4, 0.5) is 0 Å². The highest BCUT2D eigenvalue weighted by molar-refractivity contribution is 7.99. The molecule has 0 N–H and O–H groups in total. The molecule has 0 spiro atoms. The second-order valence-corrected chi connectivity index (χ2v) is 5.71. The SMILES string of the molecule is CCSCCCC1(CCl)CCOCC1. The van der Waals surface area contributed by atoms with E-state index in [0.717, 1.165) is 31.9 Å². The van der Waals surface area contributed by atoms with Gasteiger partial charge >= 0.3 is 0 Å². The number of hydrogen-bond donors (Lipinski definition) is 0. The Morgan fingerprint density at radius 1 is 1.36 bits per heavy atom. The van der Waals surface area contributed by atoms with Crippen LogP contribution in [0.15, 0.2) is 0 Å². The summed E-state index contributed by atoms with van der Waals surface area (Å²) < 4.78 is 5.39. The fourth-order valence-electron chi connectivity index (χ4n) is 1.95. The predicted molar refractivity (Wildman–Crippen MR) is 65.4 cm³/mol. The third kappa shape index (κ3) is 4.00. The fourth-order valence-corrected chi connectivity index (χ4v) is 2.99. The summed E-state index contributed by atoms with van der Waals surface area (Å²) in [5.41, 5.74) is 0.397. The summed E-state index contributed by atoms with van der Waals surface area (Å²) in [5.74, 6) is 3.33. The van der Waals surface area contributed by atoms with Gasteiger partial charge in [-0.3, -0.25) is 0 Å². The highest BCUT2D eigenvalue weighted by Crippen LogP contribution is 2.36. The van der Waals surface area contributed by atoms with E-state index in [1.165, 1.54) is 24.3 Å². The standard InChI is InChI=1S/C11H21ClOS/c1-2-14-9-3-4-11(10-12)5-7-13-8-6-11/h2-10H2,1H3. The van der Waals surface area contributed by atoms with E-state index >= 15 is 0 Å². The Kier molecular flexibility index (Phi) is 6.31. The molecule has 0 aromatic carbocycles. The van der Waals surface area contributed by atoms with Crippen LogP contribution in [0.2, 0.25) is 0 Å². The zero-order valence-electron chi connectivity index (χ0n) is 9.06. The molecule has 3 heteroatoms. The Hall–Kier alpha value is 0.600. The average molecular weight is 237 g/mol. The molecule has 0 bridgehead atoms. The molecule has 1 aliphatic rings. The Balaban J connectivity index is 2.22. The van der Waals surface area contributed by atoms with E-state index in [2.05, 4.69) is 6.92 Å². The molecule has 0 atom stereocenters. The smallest absolute Gasteiger partial charge is 0.0471 e. The number of thioether (sulfide) groups is 1. The first kappa shape index (κ1) is 12.7. The van der Waals surface area contributed by atoms with Crippen molar-refractivity contribution < 1.29 is 4.74 Å². The van der Waals surface area contributed by atoms with Crippen molar-refractivity contribution in [2.24, 2.45) is 5.41 Å². The van der Waals surface area contributed by atoms with Crippen molar-refractivity contribution in [1.82, 2.24) is 0 Å². The van der Waals surface area contributed by atoms with Gasteiger partial charge in [0.25, 0.3) is 0 Å². The highest BCUT2D eigenvalue weighted by Gasteiger charge is 2.30. The summed E-state index contributed by atoms with van der Waals surface area (Å²) in [6.45, 7) is 4.04. The average Bonchev–Trinajstić information content (AvgIpc) is 2.26. The maximum absolute atomic E-state index is 6.09. The lowest BCUT2D eigenvalue weighted by molar-refractivity contribution is 0.0214. The predicted octanol–water partition coefficient (Wildman–Crippen LogP) is 3.56. The third-order valence-electron chi connectivity index (χ3n) is 3.04. The largest absolute Gasteiger partial charge is 0.381 e. The topological polar surface area (TPSA) is 9.23 Å². The van der Waals surface area contributed by atoms with Gasteiger partial charge in [-0.15, -0.1) is 11.6 Å². The molecule has 0 unspecified atom stereocenters. The van der Waals surface area contributed by atoms with E-state index in [4.69, 9.17) is 16.3 Å². The first-order valence-electron chi connectivity index (χ1n) is 5.54. The monoisotopic (exact) mass is 236 g/mol. The molecule has 84 valence electrons. The molecule has 0 amide bonds. The number of hydrogen-bond acceptors (Lipinski definition) is 2. The first-order chi connectivity index (χ1) is 6.83. The van der Waals surface area contributed by atoms with E-state index < -0.39 is 0 Å². The van der Waals surface area contributed by atoms with Crippen molar-refractivity contribution in [3.63, 3.8) is 0 Å². The van der Waals surface area contributed by atoms with Crippen molar-refractivity contribution in [3.8, 4) is 0 Å². The summed E-state index contributed by atoms with van der Waals surface area (Å²) in [6, 6.07) is 0. The lowest BCUT2D eigenvalue weighted by atomic mass is 9.78. The number of ether oxygens (including phenoxy) is 1. The van der Waals surface area contributed by atoms with Crippen LogP contribution in [0.3, 0.4) is 0 Å². The quantitative estimate of drug-likeness (QED) is 0.515. The molecule has 1 aliphatic heterocycles. The fraction of sp³-hybridized carbons (Fsp3) is 1.00. The molecule has 1 heterocycles. The maximum atomic E-state index is 6.09. The van der Waals surface area contributed by atoms with Crippen molar-refractivity contribution in [1.29, 1.82) is 0 Å². The Morgan fingerprint density at radius 2 is 2.07 bits per heavy atom. The minimum atomic E-state index is 0.397. The molecule has 1 saturated heterocycles. The van der Waals surface area contributed by atoms with Crippen molar-refractivity contribution >= 4 is 23.4 Å². The molecular weight excluding hydrogens is 216 g/mol. The molecule has 0 aromatic heterocycles. The molecule has 0 aliphatic carbocycles. The van der Waals surface area contributed by atoms with Crippen LogP contribution >= 0.6 is 23.4 Å². The van der Waals surface area contributed by atoms with Gasteiger partial charge in [0.1, 0.15) is 0 Å². The first-order valence-corrected chi connectivity index (χ1v) is 7.23. The summed E-state index contributed by atoms with van der Waals surface area (Å²) >= 11 is 8.12. The van der Waals surface area contributed by atoms with Gasteiger partial charge < -0.3 is 4.74 Å². The van der Waals surface area contributed by atoms with E-state index in [1.54, 1.807) is 0 Å². The van der Waals surface area contributed by atoms with Gasteiger partial charge in [0, 0.05) is 19.1 Å². The van der Waals surface area contributed by atoms with Gasteiger partial charge in [-0.2, -0.15) is 11.8 Å². The summed E-state index contributed by atoms with van der Waals surface area (Å²) in [6.07, 6.45) is 4.92. The minimum Gasteiger partial charge on any atom is -0.381 e. The van der Waals surface area contributed by atoms with E-state index in [-0.39, 0.29) is 0 Å². The van der Waals surface area contributed by atoms with Crippen LogP contribution < -0.4 is 0 Å². The zero-order chi connectivity index (χ0) is 10.3. The molecule has 1 nitrogen and oxygen atoms in total. The molecule has 1 fully saturated rings. The molecular formula is C11H21ClOS.